The van der Waals surface area contributed by atoms with Crippen molar-refractivity contribution in [1.29, 1.82) is 0 Å². The van der Waals surface area contributed by atoms with Crippen LogP contribution < -0.4 is 0 Å². The molecule has 0 radical (unpaired) electrons. The lowest BCUT2D eigenvalue weighted by Crippen LogP contribution is -2.31. The second-order valence-corrected chi connectivity index (χ2v) is 4.87. The average Bonchev–Trinajstić information content (AvgIpc) is 2.34. The number of thioether (sulfide) groups is 1. The van der Waals surface area contributed by atoms with Gasteiger partial charge in [0.15, 0.2) is 0 Å². The molecule has 0 aliphatic carbocycles. The molecule has 3 nitrogen and oxygen atoms in total. The van der Waals surface area contributed by atoms with Gasteiger partial charge in [-0.05, 0) is 27.1 Å². The normalized spacial score (nSPS) is 17.6. The maximum absolute atomic E-state index is 11.3. The van der Waals surface area contributed by atoms with Gasteiger partial charge >= 0.3 is 0 Å². The highest BCUT2D eigenvalue weighted by Gasteiger charge is 2.25. The first-order valence-corrected chi connectivity index (χ1v) is 5.62. The van der Waals surface area contributed by atoms with Gasteiger partial charge < -0.3 is 4.90 Å². The molecule has 0 spiro atoms. The first kappa shape index (κ1) is 10.9. The largest absolute Gasteiger partial charge is 0.309 e. The number of hydrogen-bond donors (Lipinski definition) is 0. The predicted molar refractivity (Wildman–Crippen MR) is 59.9 cm³/mol. The molecule has 0 aromatic heterocycles. The molecular weight excluding hydrogens is 204 g/mol. The minimum Gasteiger partial charge on any atom is -0.309 e. The molecule has 0 aromatic rings. The summed E-state index contributed by atoms with van der Waals surface area (Å²) < 4.78 is 0.740. The van der Waals surface area contributed by atoms with E-state index in [0.717, 1.165) is 23.8 Å². The zero-order valence-corrected chi connectivity index (χ0v) is 9.58. The van der Waals surface area contributed by atoms with E-state index >= 15 is 0 Å². The van der Waals surface area contributed by atoms with Crippen molar-refractivity contribution in [2.24, 2.45) is 0 Å². The summed E-state index contributed by atoms with van der Waals surface area (Å²) in [6.07, 6.45) is 0.986. The molecule has 1 heterocycles. The summed E-state index contributed by atoms with van der Waals surface area (Å²) in [4.78, 5) is 15.1. The molecule has 0 saturated carbocycles. The third-order valence-corrected chi connectivity index (χ3v) is 3.26. The van der Waals surface area contributed by atoms with E-state index in [1.54, 1.807) is 4.90 Å². The molecule has 0 bridgehead atoms. The summed E-state index contributed by atoms with van der Waals surface area (Å²) in [5.41, 5.74) is 0. The Balaban J connectivity index is 2.27. The van der Waals surface area contributed by atoms with Crippen LogP contribution in [-0.4, -0.2) is 53.0 Å². The Morgan fingerprint density at radius 2 is 2.31 bits per heavy atom. The number of hydrogen-bond acceptors (Lipinski definition) is 4. The molecule has 0 aromatic carbocycles. The molecule has 0 atom stereocenters. The van der Waals surface area contributed by atoms with Gasteiger partial charge in [-0.3, -0.25) is 9.69 Å². The van der Waals surface area contributed by atoms with Crippen LogP contribution in [0.3, 0.4) is 0 Å². The highest BCUT2D eigenvalue weighted by molar-refractivity contribution is 8.23. The van der Waals surface area contributed by atoms with Gasteiger partial charge in [-0.2, -0.15) is 0 Å². The zero-order valence-electron chi connectivity index (χ0n) is 7.95. The number of carbonyl (C=O) groups is 1. The highest BCUT2D eigenvalue weighted by atomic mass is 32.2. The molecule has 1 aliphatic rings. The molecule has 5 heteroatoms. The SMILES string of the molecule is CN(C)CCCN1C(=O)CSC1=S. The van der Waals surface area contributed by atoms with Gasteiger partial charge in [0.05, 0.1) is 5.75 Å². The molecule has 1 fully saturated rings. The van der Waals surface area contributed by atoms with E-state index in [1.807, 2.05) is 14.1 Å². The summed E-state index contributed by atoms with van der Waals surface area (Å²) in [6.45, 7) is 1.76. The third kappa shape index (κ3) is 3.25. The Labute approximate surface area is 88.5 Å². The topological polar surface area (TPSA) is 23.6 Å². The average molecular weight is 218 g/mol. The Morgan fingerprint density at radius 3 is 2.77 bits per heavy atom. The first-order valence-electron chi connectivity index (χ1n) is 4.23. The Bertz CT molecular complexity index is 202. The highest BCUT2D eigenvalue weighted by Crippen LogP contribution is 2.19. The smallest absolute Gasteiger partial charge is 0.238 e. The third-order valence-electron chi connectivity index (χ3n) is 1.83. The predicted octanol–water partition coefficient (Wildman–Crippen LogP) is 0.798. The van der Waals surface area contributed by atoms with Crippen molar-refractivity contribution >= 4 is 34.2 Å². The number of thiocarbonyl (C=S) groups is 1. The molecule has 1 aliphatic heterocycles. The van der Waals surface area contributed by atoms with Crippen molar-refractivity contribution in [2.45, 2.75) is 6.42 Å². The fourth-order valence-corrected chi connectivity index (χ4v) is 2.26. The quantitative estimate of drug-likeness (QED) is 0.651. The molecular formula is C8H14N2OS2. The molecule has 1 amide bonds. The van der Waals surface area contributed by atoms with E-state index in [2.05, 4.69) is 4.90 Å². The molecule has 13 heavy (non-hydrogen) atoms. The van der Waals surface area contributed by atoms with Crippen LogP contribution in [0.5, 0.6) is 0 Å². The lowest BCUT2D eigenvalue weighted by Gasteiger charge is -2.16. The van der Waals surface area contributed by atoms with Crippen molar-refractivity contribution < 1.29 is 4.79 Å². The summed E-state index contributed by atoms with van der Waals surface area (Å²) in [6, 6.07) is 0. The maximum atomic E-state index is 11.3. The molecule has 1 saturated heterocycles. The van der Waals surface area contributed by atoms with E-state index in [0.29, 0.717) is 5.75 Å². The van der Waals surface area contributed by atoms with Gasteiger partial charge in [0.25, 0.3) is 0 Å². The van der Waals surface area contributed by atoms with Crippen molar-refractivity contribution in [3.05, 3.63) is 0 Å². The molecule has 74 valence electrons. The lowest BCUT2D eigenvalue weighted by atomic mass is 10.4. The molecule has 0 N–H and O–H groups in total. The van der Waals surface area contributed by atoms with Crippen LogP contribution in [0.2, 0.25) is 0 Å². The second kappa shape index (κ2) is 4.93. The summed E-state index contributed by atoms with van der Waals surface area (Å²) >= 11 is 6.52. The van der Waals surface area contributed by atoms with Crippen molar-refractivity contribution in [1.82, 2.24) is 9.80 Å². The van der Waals surface area contributed by atoms with E-state index in [1.165, 1.54) is 11.8 Å². The number of amides is 1. The van der Waals surface area contributed by atoms with Crippen LogP contribution in [0, 0.1) is 0 Å². The monoisotopic (exact) mass is 218 g/mol. The van der Waals surface area contributed by atoms with Crippen LogP contribution in [0.25, 0.3) is 0 Å². The van der Waals surface area contributed by atoms with Gasteiger partial charge in [0, 0.05) is 6.54 Å². The summed E-state index contributed by atoms with van der Waals surface area (Å²) in [7, 11) is 4.05. The minimum absolute atomic E-state index is 0.161. The van der Waals surface area contributed by atoms with Crippen LogP contribution in [0.4, 0.5) is 0 Å². The number of carbonyl (C=O) groups excluding carboxylic acids is 1. The van der Waals surface area contributed by atoms with Crippen LogP contribution in [-0.2, 0) is 4.79 Å². The van der Waals surface area contributed by atoms with E-state index in [-0.39, 0.29) is 5.91 Å². The second-order valence-electron chi connectivity index (χ2n) is 3.26. The van der Waals surface area contributed by atoms with Crippen molar-refractivity contribution in [3.63, 3.8) is 0 Å². The van der Waals surface area contributed by atoms with Gasteiger partial charge in [-0.1, -0.05) is 24.0 Å². The van der Waals surface area contributed by atoms with Gasteiger partial charge in [-0.15, -0.1) is 0 Å². The summed E-state index contributed by atoms with van der Waals surface area (Å²) in [5, 5.41) is 0. The van der Waals surface area contributed by atoms with Gasteiger partial charge in [0.1, 0.15) is 4.32 Å². The van der Waals surface area contributed by atoms with E-state index < -0.39 is 0 Å². The standard InChI is InChI=1S/C8H14N2OS2/c1-9(2)4-3-5-10-7(11)6-13-8(10)12/h3-6H2,1-2H3. The fraction of sp³-hybridized carbons (Fsp3) is 0.750. The minimum atomic E-state index is 0.161. The van der Waals surface area contributed by atoms with Crippen molar-refractivity contribution in [2.75, 3.05) is 32.9 Å². The lowest BCUT2D eigenvalue weighted by molar-refractivity contribution is -0.124. The molecule has 1 rings (SSSR count). The van der Waals surface area contributed by atoms with Crippen LogP contribution >= 0.6 is 24.0 Å². The van der Waals surface area contributed by atoms with E-state index in [9.17, 15) is 4.79 Å². The van der Waals surface area contributed by atoms with Crippen LogP contribution in [0.15, 0.2) is 0 Å². The Morgan fingerprint density at radius 1 is 1.62 bits per heavy atom. The maximum Gasteiger partial charge on any atom is 0.238 e. The Hall–Kier alpha value is -0.130. The number of rotatable bonds is 4. The zero-order chi connectivity index (χ0) is 9.84. The molecule has 0 unspecified atom stereocenters. The summed E-state index contributed by atoms with van der Waals surface area (Å²) in [5.74, 6) is 0.689. The fourth-order valence-electron chi connectivity index (χ4n) is 1.14. The van der Waals surface area contributed by atoms with Gasteiger partial charge in [-0.25, -0.2) is 0 Å². The van der Waals surface area contributed by atoms with Crippen LogP contribution in [0.1, 0.15) is 6.42 Å². The number of nitrogens with zero attached hydrogens (tertiary/aromatic N) is 2. The first-order chi connectivity index (χ1) is 6.11. The van der Waals surface area contributed by atoms with Crippen molar-refractivity contribution in [3.8, 4) is 0 Å². The van der Waals surface area contributed by atoms with E-state index in [4.69, 9.17) is 12.2 Å². The Kier molecular flexibility index (Phi) is 4.15. The van der Waals surface area contributed by atoms with Gasteiger partial charge in [0.2, 0.25) is 5.91 Å².